The smallest absolute Gasteiger partial charge is 0.227 e. The molecule has 1 N–H and O–H groups in total. The Morgan fingerprint density at radius 2 is 1.88 bits per heavy atom. The van der Waals surface area contributed by atoms with Crippen LogP contribution in [0.1, 0.15) is 24.5 Å². The number of nitrogens with one attached hydrogen (secondary N) is 1. The number of sulfone groups is 1. The average Bonchev–Trinajstić information content (AvgIpc) is 3.01. The molecule has 0 radical (unpaired) electrons. The Balaban J connectivity index is 1.64. The van der Waals surface area contributed by atoms with Crippen molar-refractivity contribution in [3.05, 3.63) is 53.6 Å². The summed E-state index contributed by atoms with van der Waals surface area (Å²) < 4.78 is 25.6. The maximum Gasteiger partial charge on any atom is 0.227 e. The van der Waals surface area contributed by atoms with E-state index in [1.54, 1.807) is 24.3 Å². The third-order valence-corrected chi connectivity index (χ3v) is 6.75. The standard InChI is InChI=1S/C19H20N2O3S2/c1-3-14-6-9-16-17(12-14)25-19(20-16)21-18(22)10-11-26(23,24)15-7-4-13(2)5-8-15/h4-9,12H,3,10-11H2,1-2H3,(H,20,21,22). The van der Waals surface area contributed by atoms with Crippen molar-refractivity contribution in [2.45, 2.75) is 31.6 Å². The van der Waals surface area contributed by atoms with Crippen LogP contribution in [0.4, 0.5) is 5.13 Å². The van der Waals surface area contributed by atoms with Crippen molar-refractivity contribution >= 4 is 42.4 Å². The Labute approximate surface area is 157 Å². The Morgan fingerprint density at radius 1 is 1.15 bits per heavy atom. The molecule has 3 rings (SSSR count). The molecule has 136 valence electrons. The van der Waals surface area contributed by atoms with Crippen LogP contribution in [0.15, 0.2) is 47.4 Å². The van der Waals surface area contributed by atoms with Crippen LogP contribution in [0.3, 0.4) is 0 Å². The van der Waals surface area contributed by atoms with E-state index in [2.05, 4.69) is 23.3 Å². The third kappa shape index (κ3) is 4.28. The molecule has 3 aromatic rings. The highest BCUT2D eigenvalue weighted by molar-refractivity contribution is 7.91. The molecule has 0 spiro atoms. The van der Waals surface area contributed by atoms with E-state index in [0.29, 0.717) is 5.13 Å². The fraction of sp³-hybridized carbons (Fsp3) is 0.263. The second-order valence-electron chi connectivity index (χ2n) is 6.10. The first kappa shape index (κ1) is 18.5. The van der Waals surface area contributed by atoms with Crippen molar-refractivity contribution < 1.29 is 13.2 Å². The minimum absolute atomic E-state index is 0.105. The van der Waals surface area contributed by atoms with E-state index in [1.165, 1.54) is 16.9 Å². The molecule has 1 aromatic heterocycles. The number of rotatable bonds is 6. The maximum atomic E-state index is 12.3. The van der Waals surface area contributed by atoms with E-state index in [-0.39, 0.29) is 23.0 Å². The molecule has 5 nitrogen and oxygen atoms in total. The number of anilines is 1. The molecule has 1 heterocycles. The number of aryl methyl sites for hydroxylation is 2. The molecule has 0 aliphatic heterocycles. The summed E-state index contributed by atoms with van der Waals surface area (Å²) in [5.74, 6) is -0.581. The first-order chi connectivity index (χ1) is 12.4. The summed E-state index contributed by atoms with van der Waals surface area (Å²) in [5, 5.41) is 3.20. The molecule has 0 aliphatic carbocycles. The Bertz CT molecular complexity index is 1040. The summed E-state index contributed by atoms with van der Waals surface area (Å²) in [6.45, 7) is 3.98. The second kappa shape index (κ2) is 7.55. The van der Waals surface area contributed by atoms with E-state index in [1.807, 2.05) is 19.1 Å². The summed E-state index contributed by atoms with van der Waals surface area (Å²) in [4.78, 5) is 16.8. The van der Waals surface area contributed by atoms with E-state index in [4.69, 9.17) is 0 Å². The number of carbonyl (C=O) groups is 1. The number of benzene rings is 2. The number of aromatic nitrogens is 1. The van der Waals surface area contributed by atoms with Crippen LogP contribution in [0.5, 0.6) is 0 Å². The number of hydrogen-bond donors (Lipinski definition) is 1. The van der Waals surface area contributed by atoms with Crippen LogP contribution in [0.2, 0.25) is 0 Å². The van der Waals surface area contributed by atoms with Gasteiger partial charge in [-0.05, 0) is 43.2 Å². The van der Waals surface area contributed by atoms with Gasteiger partial charge in [0.2, 0.25) is 5.91 Å². The fourth-order valence-corrected chi connectivity index (χ4v) is 4.70. The highest BCUT2D eigenvalue weighted by Crippen LogP contribution is 2.27. The van der Waals surface area contributed by atoms with Gasteiger partial charge in [0.25, 0.3) is 0 Å². The van der Waals surface area contributed by atoms with Crippen LogP contribution in [-0.4, -0.2) is 25.1 Å². The zero-order valence-electron chi connectivity index (χ0n) is 14.7. The molecule has 0 saturated heterocycles. The Hall–Kier alpha value is -2.25. The molecular weight excluding hydrogens is 368 g/mol. The van der Waals surface area contributed by atoms with E-state index < -0.39 is 9.84 Å². The quantitative estimate of drug-likeness (QED) is 0.693. The van der Waals surface area contributed by atoms with E-state index >= 15 is 0 Å². The highest BCUT2D eigenvalue weighted by Gasteiger charge is 2.17. The van der Waals surface area contributed by atoms with Crippen LogP contribution in [0, 0.1) is 6.92 Å². The zero-order valence-corrected chi connectivity index (χ0v) is 16.3. The van der Waals surface area contributed by atoms with Gasteiger partial charge in [-0.3, -0.25) is 4.79 Å². The van der Waals surface area contributed by atoms with E-state index in [0.717, 1.165) is 22.2 Å². The van der Waals surface area contributed by atoms with Crippen molar-refractivity contribution in [2.75, 3.05) is 11.1 Å². The number of thiazole rings is 1. The molecule has 0 atom stereocenters. The number of carbonyl (C=O) groups excluding carboxylic acids is 1. The Kier molecular flexibility index (Phi) is 5.38. The van der Waals surface area contributed by atoms with Gasteiger partial charge in [-0.2, -0.15) is 0 Å². The molecule has 1 amide bonds. The summed E-state index contributed by atoms with van der Waals surface area (Å²) in [5.41, 5.74) is 3.03. The van der Waals surface area contributed by atoms with Crippen molar-refractivity contribution in [3.63, 3.8) is 0 Å². The van der Waals surface area contributed by atoms with Gasteiger partial charge in [-0.15, -0.1) is 0 Å². The molecule has 26 heavy (non-hydrogen) atoms. The molecule has 0 bridgehead atoms. The van der Waals surface area contributed by atoms with Gasteiger partial charge >= 0.3 is 0 Å². The lowest BCUT2D eigenvalue weighted by Gasteiger charge is -2.05. The van der Waals surface area contributed by atoms with Gasteiger partial charge in [-0.1, -0.05) is 42.0 Å². The van der Waals surface area contributed by atoms with Crippen molar-refractivity contribution in [1.29, 1.82) is 0 Å². The SMILES string of the molecule is CCc1ccc2nc(NC(=O)CCS(=O)(=O)c3ccc(C)cc3)sc2c1. The predicted octanol–water partition coefficient (Wildman–Crippen LogP) is 3.97. The van der Waals surface area contributed by atoms with Gasteiger partial charge in [0.05, 0.1) is 20.9 Å². The minimum Gasteiger partial charge on any atom is -0.302 e. The van der Waals surface area contributed by atoms with Crippen molar-refractivity contribution in [1.82, 2.24) is 4.98 Å². The van der Waals surface area contributed by atoms with Crippen LogP contribution >= 0.6 is 11.3 Å². The number of nitrogens with zero attached hydrogens (tertiary/aromatic N) is 1. The summed E-state index contributed by atoms with van der Waals surface area (Å²) in [6.07, 6.45) is 0.832. The third-order valence-electron chi connectivity index (χ3n) is 4.09. The lowest BCUT2D eigenvalue weighted by atomic mass is 10.2. The molecule has 2 aromatic carbocycles. The minimum atomic E-state index is -3.48. The van der Waals surface area contributed by atoms with Crippen molar-refractivity contribution in [3.8, 4) is 0 Å². The lowest BCUT2D eigenvalue weighted by molar-refractivity contribution is -0.115. The first-order valence-electron chi connectivity index (χ1n) is 8.36. The lowest BCUT2D eigenvalue weighted by Crippen LogP contribution is -2.17. The number of amides is 1. The van der Waals surface area contributed by atoms with Crippen molar-refractivity contribution in [2.24, 2.45) is 0 Å². The Morgan fingerprint density at radius 3 is 2.58 bits per heavy atom. The summed E-state index contributed by atoms with van der Waals surface area (Å²) in [7, 11) is -3.48. The molecule has 0 saturated carbocycles. The summed E-state index contributed by atoms with van der Waals surface area (Å²) >= 11 is 1.39. The number of hydrogen-bond acceptors (Lipinski definition) is 5. The van der Waals surface area contributed by atoms with Gasteiger partial charge in [0.1, 0.15) is 0 Å². The first-order valence-corrected chi connectivity index (χ1v) is 10.8. The second-order valence-corrected chi connectivity index (χ2v) is 9.24. The zero-order chi connectivity index (χ0) is 18.7. The fourth-order valence-electron chi connectivity index (χ4n) is 2.51. The normalized spacial score (nSPS) is 11.6. The van der Waals surface area contributed by atoms with Gasteiger partial charge in [0, 0.05) is 6.42 Å². The van der Waals surface area contributed by atoms with Gasteiger partial charge < -0.3 is 5.32 Å². The molecule has 0 fully saturated rings. The molecule has 7 heteroatoms. The van der Waals surface area contributed by atoms with Gasteiger partial charge in [0.15, 0.2) is 15.0 Å². The van der Waals surface area contributed by atoms with Crippen LogP contribution in [0.25, 0.3) is 10.2 Å². The van der Waals surface area contributed by atoms with Crippen LogP contribution in [-0.2, 0) is 21.1 Å². The monoisotopic (exact) mass is 388 g/mol. The molecule has 0 aliphatic rings. The van der Waals surface area contributed by atoms with E-state index in [9.17, 15) is 13.2 Å². The predicted molar refractivity (Wildman–Crippen MR) is 105 cm³/mol. The van der Waals surface area contributed by atoms with Gasteiger partial charge in [-0.25, -0.2) is 13.4 Å². The average molecular weight is 389 g/mol. The largest absolute Gasteiger partial charge is 0.302 e. The number of fused-ring (bicyclic) bond motifs is 1. The van der Waals surface area contributed by atoms with Crippen LogP contribution < -0.4 is 5.32 Å². The maximum absolute atomic E-state index is 12.3. The molecular formula is C19H20N2O3S2. The molecule has 0 unspecified atom stereocenters. The highest BCUT2D eigenvalue weighted by atomic mass is 32.2. The summed E-state index contributed by atoms with van der Waals surface area (Å²) in [6, 6.07) is 12.6. The topological polar surface area (TPSA) is 76.1 Å².